The second-order valence-electron chi connectivity index (χ2n) is 5.05. The Morgan fingerprint density at radius 3 is 2.80 bits per heavy atom. The number of thioether (sulfide) groups is 1. The van der Waals surface area contributed by atoms with Crippen molar-refractivity contribution < 1.29 is 9.84 Å². The van der Waals surface area contributed by atoms with Crippen LogP contribution in [0.25, 0.3) is 0 Å². The molecule has 0 aliphatic rings. The predicted molar refractivity (Wildman–Crippen MR) is 98.7 cm³/mol. The highest BCUT2D eigenvalue weighted by molar-refractivity contribution is 7.98. The summed E-state index contributed by atoms with van der Waals surface area (Å²) < 4.78 is 6.60. The highest BCUT2D eigenvalue weighted by Gasteiger charge is 2.05. The number of halogens is 1. The smallest absolute Gasteiger partial charge is 0.212 e. The van der Waals surface area contributed by atoms with Gasteiger partial charge in [0.2, 0.25) is 5.16 Å². The summed E-state index contributed by atoms with van der Waals surface area (Å²) in [5, 5.41) is 23.5. The summed E-state index contributed by atoms with van der Waals surface area (Å²) in [6.07, 6.45) is 3.15. The number of phenolic OH excluding ortho intramolecular Hbond substituents is 1. The van der Waals surface area contributed by atoms with Crippen LogP contribution in [0, 0.1) is 0 Å². The first kappa shape index (κ1) is 17.3. The second-order valence-corrected chi connectivity index (χ2v) is 6.43. The van der Waals surface area contributed by atoms with Crippen molar-refractivity contribution in [1.82, 2.24) is 14.9 Å². The van der Waals surface area contributed by atoms with Crippen molar-refractivity contribution in [3.8, 4) is 11.5 Å². The van der Waals surface area contributed by atoms with Crippen LogP contribution in [0.4, 0.5) is 0 Å². The number of benzene rings is 2. The zero-order chi connectivity index (χ0) is 17.6. The first-order valence-electron chi connectivity index (χ1n) is 7.34. The molecule has 25 heavy (non-hydrogen) atoms. The van der Waals surface area contributed by atoms with E-state index in [1.54, 1.807) is 29.1 Å². The van der Waals surface area contributed by atoms with E-state index in [2.05, 4.69) is 15.3 Å². The lowest BCUT2D eigenvalue weighted by Gasteiger charge is -2.03. The molecule has 0 aliphatic heterocycles. The largest absolute Gasteiger partial charge is 0.504 e. The Kier molecular flexibility index (Phi) is 5.57. The Hall–Kier alpha value is -2.51. The molecular formula is C17H15ClN4O2S. The average Bonchev–Trinajstić information content (AvgIpc) is 3.07. The molecule has 0 saturated carbocycles. The van der Waals surface area contributed by atoms with Gasteiger partial charge in [-0.25, -0.2) is 0 Å². The summed E-state index contributed by atoms with van der Waals surface area (Å²) in [5.74, 6) is 1.21. The topological polar surface area (TPSA) is 72.5 Å². The lowest BCUT2D eigenvalue weighted by molar-refractivity contribution is 0.373. The van der Waals surface area contributed by atoms with Crippen molar-refractivity contribution in [3.63, 3.8) is 0 Å². The minimum absolute atomic E-state index is 0.0625. The summed E-state index contributed by atoms with van der Waals surface area (Å²) in [6, 6.07) is 12.7. The normalized spacial score (nSPS) is 11.1. The van der Waals surface area contributed by atoms with Gasteiger partial charge in [0, 0.05) is 10.8 Å². The maximum atomic E-state index is 9.80. The Balaban J connectivity index is 1.68. The highest BCUT2D eigenvalue weighted by Crippen LogP contribution is 2.26. The van der Waals surface area contributed by atoms with Gasteiger partial charge < -0.3 is 9.84 Å². The molecule has 0 aliphatic carbocycles. The number of phenols is 1. The first-order chi connectivity index (χ1) is 12.2. The van der Waals surface area contributed by atoms with Crippen LogP contribution in [0.15, 0.2) is 59.0 Å². The van der Waals surface area contributed by atoms with E-state index in [1.807, 2.05) is 24.3 Å². The predicted octanol–water partition coefficient (Wildman–Crippen LogP) is 3.82. The van der Waals surface area contributed by atoms with Gasteiger partial charge in [0.1, 0.15) is 6.33 Å². The molecule has 1 N–H and O–H groups in total. The minimum atomic E-state index is 0.0625. The lowest BCUT2D eigenvalue weighted by atomic mass is 10.2. The summed E-state index contributed by atoms with van der Waals surface area (Å²) in [7, 11) is 1.50. The van der Waals surface area contributed by atoms with Crippen LogP contribution in [0.2, 0.25) is 5.02 Å². The van der Waals surface area contributed by atoms with E-state index in [1.165, 1.54) is 25.2 Å². The second kappa shape index (κ2) is 8.04. The SMILES string of the molecule is COc1ccc(/C=N/n2cnnc2SCc2ccc(Cl)cc2)cc1O. The molecule has 0 saturated heterocycles. The van der Waals surface area contributed by atoms with Gasteiger partial charge in [-0.2, -0.15) is 9.78 Å². The van der Waals surface area contributed by atoms with Crippen molar-refractivity contribution in [1.29, 1.82) is 0 Å². The number of aromatic nitrogens is 3. The number of aromatic hydroxyl groups is 1. The number of ether oxygens (including phenoxy) is 1. The van der Waals surface area contributed by atoms with Crippen LogP contribution >= 0.6 is 23.4 Å². The van der Waals surface area contributed by atoms with Crippen LogP contribution in [0.1, 0.15) is 11.1 Å². The molecule has 128 valence electrons. The Bertz CT molecular complexity index is 881. The van der Waals surface area contributed by atoms with E-state index in [4.69, 9.17) is 16.3 Å². The molecule has 0 unspecified atom stereocenters. The third-order valence-corrected chi connectivity index (χ3v) is 4.57. The first-order valence-corrected chi connectivity index (χ1v) is 8.70. The Morgan fingerprint density at radius 2 is 2.08 bits per heavy atom. The maximum absolute atomic E-state index is 9.80. The van der Waals surface area contributed by atoms with E-state index in [0.717, 1.165) is 16.9 Å². The number of hydrogen-bond donors (Lipinski definition) is 1. The molecule has 0 spiro atoms. The summed E-state index contributed by atoms with van der Waals surface area (Å²) >= 11 is 7.41. The molecule has 1 heterocycles. The average molecular weight is 375 g/mol. The van der Waals surface area contributed by atoms with Crippen molar-refractivity contribution in [2.45, 2.75) is 10.9 Å². The van der Waals surface area contributed by atoms with E-state index in [0.29, 0.717) is 15.9 Å². The van der Waals surface area contributed by atoms with Crippen molar-refractivity contribution in [2.24, 2.45) is 5.10 Å². The lowest BCUT2D eigenvalue weighted by Crippen LogP contribution is -1.93. The number of nitrogens with zero attached hydrogens (tertiary/aromatic N) is 4. The Labute approximate surface area is 154 Å². The van der Waals surface area contributed by atoms with Crippen molar-refractivity contribution >= 4 is 29.6 Å². The van der Waals surface area contributed by atoms with Gasteiger partial charge >= 0.3 is 0 Å². The van der Waals surface area contributed by atoms with Crippen LogP contribution in [0.3, 0.4) is 0 Å². The summed E-state index contributed by atoms with van der Waals surface area (Å²) in [6.45, 7) is 0. The fourth-order valence-electron chi connectivity index (χ4n) is 2.04. The Morgan fingerprint density at radius 1 is 1.28 bits per heavy atom. The van der Waals surface area contributed by atoms with Gasteiger partial charge in [-0.3, -0.25) is 0 Å². The zero-order valence-electron chi connectivity index (χ0n) is 13.3. The van der Waals surface area contributed by atoms with E-state index in [-0.39, 0.29) is 5.75 Å². The van der Waals surface area contributed by atoms with Gasteiger partial charge in [-0.05, 0) is 41.5 Å². The van der Waals surface area contributed by atoms with E-state index in [9.17, 15) is 5.11 Å². The fraction of sp³-hybridized carbons (Fsp3) is 0.118. The molecule has 0 bridgehead atoms. The molecule has 3 rings (SSSR count). The highest BCUT2D eigenvalue weighted by atomic mass is 35.5. The van der Waals surface area contributed by atoms with Gasteiger partial charge in [0.15, 0.2) is 11.5 Å². The molecule has 1 aromatic heterocycles. The minimum Gasteiger partial charge on any atom is -0.504 e. The van der Waals surface area contributed by atoms with Crippen LogP contribution in [0.5, 0.6) is 11.5 Å². The standard InChI is InChI=1S/C17H15ClN4O2S/c1-24-16-7-4-13(8-15(16)23)9-20-22-11-19-21-17(22)25-10-12-2-5-14(18)6-3-12/h2-9,11,23H,10H2,1H3/b20-9+. The van der Waals surface area contributed by atoms with Crippen LogP contribution in [-0.2, 0) is 5.75 Å². The number of hydrogen-bond acceptors (Lipinski definition) is 6. The van der Waals surface area contributed by atoms with Crippen LogP contribution < -0.4 is 4.74 Å². The van der Waals surface area contributed by atoms with E-state index >= 15 is 0 Å². The van der Waals surface area contributed by atoms with Gasteiger partial charge in [-0.15, -0.1) is 10.2 Å². The molecule has 3 aromatic rings. The molecule has 6 nitrogen and oxygen atoms in total. The molecular weight excluding hydrogens is 360 g/mol. The monoisotopic (exact) mass is 374 g/mol. The molecule has 0 atom stereocenters. The molecule has 0 fully saturated rings. The zero-order valence-corrected chi connectivity index (χ0v) is 14.9. The third-order valence-electron chi connectivity index (χ3n) is 3.32. The number of rotatable bonds is 6. The van der Waals surface area contributed by atoms with Crippen molar-refractivity contribution in [2.75, 3.05) is 7.11 Å². The molecule has 2 aromatic carbocycles. The van der Waals surface area contributed by atoms with E-state index < -0.39 is 0 Å². The van der Waals surface area contributed by atoms with Crippen molar-refractivity contribution in [3.05, 3.63) is 64.9 Å². The summed E-state index contributed by atoms with van der Waals surface area (Å²) in [5.41, 5.74) is 1.87. The van der Waals surface area contributed by atoms with Crippen LogP contribution in [-0.4, -0.2) is 33.3 Å². The molecule has 0 amide bonds. The fourth-order valence-corrected chi connectivity index (χ4v) is 2.98. The maximum Gasteiger partial charge on any atom is 0.212 e. The molecule has 0 radical (unpaired) electrons. The van der Waals surface area contributed by atoms with Gasteiger partial charge in [0.25, 0.3) is 0 Å². The number of methoxy groups -OCH3 is 1. The quantitative estimate of drug-likeness (QED) is 0.524. The summed E-state index contributed by atoms with van der Waals surface area (Å²) in [4.78, 5) is 0. The molecule has 8 heteroatoms. The third kappa shape index (κ3) is 4.52. The van der Waals surface area contributed by atoms with Gasteiger partial charge in [0.05, 0.1) is 13.3 Å². The van der Waals surface area contributed by atoms with Gasteiger partial charge in [-0.1, -0.05) is 35.5 Å².